The third-order valence-electron chi connectivity index (χ3n) is 4.07. The molecule has 2 heterocycles. The lowest BCUT2D eigenvalue weighted by atomic mass is 10.2. The van der Waals surface area contributed by atoms with Gasteiger partial charge in [0.2, 0.25) is 0 Å². The number of rotatable bonds is 4. The maximum absolute atomic E-state index is 12.5. The summed E-state index contributed by atoms with van der Waals surface area (Å²) in [4.78, 5) is 12.5. The number of amides is 1. The van der Waals surface area contributed by atoms with E-state index in [0.717, 1.165) is 11.3 Å². The highest BCUT2D eigenvalue weighted by Crippen LogP contribution is 2.35. The molecule has 1 N–H and O–H groups in total. The molecule has 0 spiro atoms. The van der Waals surface area contributed by atoms with Gasteiger partial charge in [0.05, 0.1) is 16.9 Å². The quantitative estimate of drug-likeness (QED) is 0.486. The summed E-state index contributed by atoms with van der Waals surface area (Å²) in [6.45, 7) is 0. The first-order valence-corrected chi connectivity index (χ1v) is 9.35. The largest absolute Gasteiger partial charge is 0.418 e. The fourth-order valence-corrected chi connectivity index (χ4v) is 3.19. The van der Waals surface area contributed by atoms with Crippen LogP contribution in [0.3, 0.4) is 0 Å². The average Bonchev–Trinajstić information content (AvgIpc) is 3.28. The third kappa shape index (κ3) is 3.96. The van der Waals surface area contributed by atoms with Crippen molar-refractivity contribution in [3.8, 4) is 22.7 Å². The molecule has 2 aromatic carbocycles. The Hall–Kier alpha value is -3.29. The van der Waals surface area contributed by atoms with E-state index in [0.29, 0.717) is 10.7 Å². The molecule has 0 saturated carbocycles. The van der Waals surface area contributed by atoms with Gasteiger partial charge in [-0.1, -0.05) is 53.5 Å². The van der Waals surface area contributed by atoms with E-state index < -0.39 is 6.09 Å². The summed E-state index contributed by atoms with van der Waals surface area (Å²) in [5.74, 6) is 0.509. The van der Waals surface area contributed by atoms with Crippen molar-refractivity contribution in [1.82, 2.24) is 19.6 Å². The van der Waals surface area contributed by atoms with Crippen LogP contribution in [-0.2, 0) is 7.05 Å². The molecule has 0 aliphatic rings. The third-order valence-corrected chi connectivity index (χ3v) is 4.74. The van der Waals surface area contributed by atoms with Crippen molar-refractivity contribution < 1.29 is 9.53 Å². The maximum atomic E-state index is 12.5. The van der Waals surface area contributed by atoms with Crippen molar-refractivity contribution in [2.75, 3.05) is 5.32 Å². The molecule has 9 heteroatoms. The number of hydrogen-bond acceptors (Lipinski definition) is 4. The SMILES string of the molecule is Cn1cc(-c2nn(-c3ccccc3)c(NC(=O)Oc3ccccc3Cl)c2Cl)cn1. The molecule has 146 valence electrons. The van der Waals surface area contributed by atoms with Crippen LogP contribution in [0, 0.1) is 0 Å². The Balaban J connectivity index is 1.72. The Morgan fingerprint density at radius 2 is 1.79 bits per heavy atom. The molecule has 0 radical (unpaired) electrons. The van der Waals surface area contributed by atoms with Gasteiger partial charge in [-0.05, 0) is 24.3 Å². The van der Waals surface area contributed by atoms with E-state index in [4.69, 9.17) is 27.9 Å². The number of benzene rings is 2. The Bertz CT molecular complexity index is 1170. The van der Waals surface area contributed by atoms with Crippen LogP contribution in [0.1, 0.15) is 0 Å². The Morgan fingerprint density at radius 1 is 1.07 bits per heavy atom. The van der Waals surface area contributed by atoms with Crippen LogP contribution in [0.2, 0.25) is 10.0 Å². The summed E-state index contributed by atoms with van der Waals surface area (Å²) in [6, 6.07) is 16.0. The van der Waals surface area contributed by atoms with Gasteiger partial charge in [0, 0.05) is 18.8 Å². The van der Waals surface area contributed by atoms with Gasteiger partial charge in [0.1, 0.15) is 10.7 Å². The lowest BCUT2D eigenvalue weighted by molar-refractivity contribution is 0.215. The molecule has 2 aromatic heterocycles. The molecule has 0 aliphatic heterocycles. The number of nitrogens with zero attached hydrogens (tertiary/aromatic N) is 4. The van der Waals surface area contributed by atoms with Gasteiger partial charge in [0.15, 0.2) is 11.6 Å². The molecule has 1 amide bonds. The van der Waals surface area contributed by atoms with Gasteiger partial charge in [-0.3, -0.25) is 10.00 Å². The second kappa shape index (κ2) is 7.98. The van der Waals surface area contributed by atoms with Crippen molar-refractivity contribution in [3.05, 3.63) is 77.0 Å². The molecule has 0 atom stereocenters. The van der Waals surface area contributed by atoms with Gasteiger partial charge in [-0.2, -0.15) is 10.2 Å². The van der Waals surface area contributed by atoms with E-state index in [9.17, 15) is 4.79 Å². The number of halogens is 2. The smallest absolute Gasteiger partial charge is 0.408 e. The number of ether oxygens (including phenoxy) is 1. The molecule has 4 rings (SSSR count). The van der Waals surface area contributed by atoms with Crippen LogP contribution in [0.5, 0.6) is 5.75 Å². The number of aromatic nitrogens is 4. The summed E-state index contributed by atoms with van der Waals surface area (Å²) < 4.78 is 8.50. The number of para-hydroxylation sites is 2. The molecule has 29 heavy (non-hydrogen) atoms. The number of aryl methyl sites for hydroxylation is 1. The minimum atomic E-state index is -0.741. The van der Waals surface area contributed by atoms with E-state index in [1.54, 1.807) is 53.1 Å². The van der Waals surface area contributed by atoms with E-state index in [-0.39, 0.29) is 16.6 Å². The van der Waals surface area contributed by atoms with Crippen LogP contribution >= 0.6 is 23.2 Å². The highest BCUT2D eigenvalue weighted by molar-refractivity contribution is 6.36. The fraction of sp³-hybridized carbons (Fsp3) is 0.0500. The first kappa shape index (κ1) is 19.0. The number of hydrogen-bond donors (Lipinski definition) is 1. The van der Waals surface area contributed by atoms with Crippen molar-refractivity contribution in [3.63, 3.8) is 0 Å². The first-order chi connectivity index (χ1) is 14.0. The monoisotopic (exact) mass is 427 g/mol. The lowest BCUT2D eigenvalue weighted by Gasteiger charge is -2.10. The van der Waals surface area contributed by atoms with Crippen LogP contribution in [-0.4, -0.2) is 25.7 Å². The fourth-order valence-electron chi connectivity index (χ4n) is 2.74. The predicted octanol–water partition coefficient (Wildman–Crippen LogP) is 5.19. The number of carbonyl (C=O) groups excluding carboxylic acids is 1. The maximum Gasteiger partial charge on any atom is 0.418 e. The molecule has 0 saturated heterocycles. The van der Waals surface area contributed by atoms with Crippen molar-refractivity contribution >= 4 is 35.1 Å². The lowest BCUT2D eigenvalue weighted by Crippen LogP contribution is -2.19. The van der Waals surface area contributed by atoms with E-state index in [2.05, 4.69) is 15.5 Å². The molecular formula is C20H15Cl2N5O2. The number of nitrogens with one attached hydrogen (secondary N) is 1. The minimum absolute atomic E-state index is 0.237. The van der Waals surface area contributed by atoms with E-state index in [1.807, 2.05) is 30.3 Å². The van der Waals surface area contributed by atoms with Crippen LogP contribution in [0.15, 0.2) is 67.0 Å². The zero-order valence-electron chi connectivity index (χ0n) is 15.2. The molecule has 0 fully saturated rings. The van der Waals surface area contributed by atoms with Gasteiger partial charge in [-0.15, -0.1) is 0 Å². The standard InChI is InChI=1S/C20H15Cl2N5O2/c1-26-12-13(11-23-26)18-17(22)19(27(25-18)14-7-3-2-4-8-14)24-20(28)29-16-10-6-5-9-15(16)21/h2-12H,1H3,(H,24,28). The zero-order chi connectivity index (χ0) is 20.4. The topological polar surface area (TPSA) is 74.0 Å². The van der Waals surface area contributed by atoms with Crippen molar-refractivity contribution in [2.45, 2.75) is 0 Å². The van der Waals surface area contributed by atoms with Crippen molar-refractivity contribution in [1.29, 1.82) is 0 Å². The van der Waals surface area contributed by atoms with Crippen molar-refractivity contribution in [2.24, 2.45) is 7.05 Å². The van der Waals surface area contributed by atoms with Gasteiger partial charge in [-0.25, -0.2) is 9.48 Å². The molecule has 0 unspecified atom stereocenters. The molecular weight excluding hydrogens is 413 g/mol. The Morgan fingerprint density at radius 3 is 2.48 bits per heavy atom. The van der Waals surface area contributed by atoms with Gasteiger partial charge < -0.3 is 4.74 Å². The summed E-state index contributed by atoms with van der Waals surface area (Å²) in [7, 11) is 1.80. The highest BCUT2D eigenvalue weighted by atomic mass is 35.5. The van der Waals surface area contributed by atoms with Gasteiger partial charge >= 0.3 is 6.09 Å². The number of carbonyl (C=O) groups is 1. The number of anilines is 1. The highest BCUT2D eigenvalue weighted by Gasteiger charge is 2.22. The van der Waals surface area contributed by atoms with E-state index >= 15 is 0 Å². The minimum Gasteiger partial charge on any atom is -0.408 e. The normalized spacial score (nSPS) is 10.7. The summed E-state index contributed by atoms with van der Waals surface area (Å²) >= 11 is 12.6. The summed E-state index contributed by atoms with van der Waals surface area (Å²) in [6.07, 6.45) is 2.69. The zero-order valence-corrected chi connectivity index (χ0v) is 16.7. The predicted molar refractivity (Wildman–Crippen MR) is 112 cm³/mol. The second-order valence-corrected chi connectivity index (χ2v) is 6.89. The summed E-state index contributed by atoms with van der Waals surface area (Å²) in [5.41, 5.74) is 1.92. The average molecular weight is 428 g/mol. The molecule has 4 aromatic rings. The van der Waals surface area contributed by atoms with Crippen LogP contribution < -0.4 is 10.1 Å². The summed E-state index contributed by atoms with van der Waals surface area (Å²) in [5, 5.41) is 12.0. The van der Waals surface area contributed by atoms with Crippen LogP contribution in [0.4, 0.5) is 10.6 Å². The molecule has 0 bridgehead atoms. The first-order valence-electron chi connectivity index (χ1n) is 8.59. The Kier molecular flexibility index (Phi) is 5.24. The van der Waals surface area contributed by atoms with Crippen LogP contribution in [0.25, 0.3) is 16.9 Å². The van der Waals surface area contributed by atoms with E-state index in [1.165, 1.54) is 0 Å². The molecule has 7 nitrogen and oxygen atoms in total. The van der Waals surface area contributed by atoms with Gasteiger partial charge in [0.25, 0.3) is 0 Å². The second-order valence-electron chi connectivity index (χ2n) is 6.11. The Labute approximate surface area is 176 Å². The molecule has 0 aliphatic carbocycles.